The Morgan fingerprint density at radius 2 is 2.35 bits per heavy atom. The Hall–Kier alpha value is -2.28. The van der Waals surface area contributed by atoms with Crippen LogP contribution in [0.15, 0.2) is 30.3 Å². The number of carboxylic acids is 1. The normalized spacial score (nSPS) is 10.1. The molecule has 0 saturated heterocycles. The van der Waals surface area contributed by atoms with Crippen molar-refractivity contribution in [3.8, 4) is 11.8 Å². The van der Waals surface area contributed by atoms with Gasteiger partial charge in [-0.1, -0.05) is 12.1 Å². The van der Waals surface area contributed by atoms with E-state index in [4.69, 9.17) is 15.1 Å². The minimum atomic E-state index is -0.981. The Labute approximate surface area is 99.8 Å². The summed E-state index contributed by atoms with van der Waals surface area (Å²) >= 11 is 0. The number of rotatable bonds is 6. The third kappa shape index (κ3) is 5.38. The summed E-state index contributed by atoms with van der Waals surface area (Å²) in [5.41, 5.74) is 0.769. The van der Waals surface area contributed by atoms with E-state index in [0.29, 0.717) is 25.2 Å². The van der Waals surface area contributed by atoms with E-state index in [0.717, 1.165) is 11.6 Å². The summed E-state index contributed by atoms with van der Waals surface area (Å²) in [6.07, 6.45) is 3.74. The van der Waals surface area contributed by atoms with E-state index in [-0.39, 0.29) is 0 Å². The van der Waals surface area contributed by atoms with Crippen LogP contribution in [0.4, 0.5) is 0 Å². The van der Waals surface area contributed by atoms with Gasteiger partial charge >= 0.3 is 5.97 Å². The standard InChI is InChI=1S/C13H13NO3/c14-8-1-2-9-17-12-5-3-4-11(10-12)6-7-13(15)16/h3-7,10H,1-2,9H2,(H,15,16)/b7-6+. The van der Waals surface area contributed by atoms with Gasteiger partial charge in [0.2, 0.25) is 0 Å². The molecule has 0 aromatic heterocycles. The zero-order valence-electron chi connectivity index (χ0n) is 9.30. The van der Waals surface area contributed by atoms with E-state index in [2.05, 4.69) is 0 Å². The molecule has 0 heterocycles. The molecule has 4 nitrogen and oxygen atoms in total. The molecule has 0 fully saturated rings. The van der Waals surface area contributed by atoms with Gasteiger partial charge in [-0.3, -0.25) is 0 Å². The molecule has 88 valence electrons. The van der Waals surface area contributed by atoms with E-state index in [1.165, 1.54) is 6.08 Å². The molecule has 17 heavy (non-hydrogen) atoms. The fourth-order valence-corrected chi connectivity index (χ4v) is 1.22. The van der Waals surface area contributed by atoms with Crippen molar-refractivity contribution >= 4 is 12.0 Å². The van der Waals surface area contributed by atoms with Crippen molar-refractivity contribution in [2.24, 2.45) is 0 Å². The Morgan fingerprint density at radius 1 is 1.53 bits per heavy atom. The Morgan fingerprint density at radius 3 is 3.06 bits per heavy atom. The second kappa shape index (κ2) is 7.07. The Balaban J connectivity index is 2.54. The lowest BCUT2D eigenvalue weighted by Gasteiger charge is -2.05. The predicted octanol–water partition coefficient (Wildman–Crippen LogP) is 2.47. The number of hydrogen-bond donors (Lipinski definition) is 1. The van der Waals surface area contributed by atoms with Gasteiger partial charge in [-0.15, -0.1) is 0 Å². The maximum absolute atomic E-state index is 10.4. The zero-order valence-corrected chi connectivity index (χ0v) is 9.30. The first-order chi connectivity index (χ1) is 8.22. The second-order valence-corrected chi connectivity index (χ2v) is 3.35. The molecule has 1 aromatic carbocycles. The Bertz CT molecular complexity index is 446. The van der Waals surface area contributed by atoms with E-state index in [9.17, 15) is 4.79 Å². The predicted molar refractivity (Wildman–Crippen MR) is 63.5 cm³/mol. The van der Waals surface area contributed by atoms with Crippen LogP contribution in [-0.2, 0) is 4.79 Å². The highest BCUT2D eigenvalue weighted by atomic mass is 16.5. The molecule has 0 amide bonds. The summed E-state index contributed by atoms with van der Waals surface area (Å²) in [7, 11) is 0. The van der Waals surface area contributed by atoms with Crippen LogP contribution in [0.2, 0.25) is 0 Å². The van der Waals surface area contributed by atoms with Crippen molar-refractivity contribution in [2.75, 3.05) is 6.61 Å². The highest BCUT2D eigenvalue weighted by Crippen LogP contribution is 2.14. The lowest BCUT2D eigenvalue weighted by atomic mass is 10.2. The first-order valence-corrected chi connectivity index (χ1v) is 5.23. The van der Waals surface area contributed by atoms with Crippen molar-refractivity contribution in [3.05, 3.63) is 35.9 Å². The minimum Gasteiger partial charge on any atom is -0.494 e. The molecule has 1 N–H and O–H groups in total. The van der Waals surface area contributed by atoms with E-state index in [1.54, 1.807) is 24.3 Å². The monoisotopic (exact) mass is 231 g/mol. The summed E-state index contributed by atoms with van der Waals surface area (Å²) in [5.74, 6) is -0.305. The summed E-state index contributed by atoms with van der Waals surface area (Å²) in [6.45, 7) is 0.486. The van der Waals surface area contributed by atoms with Crippen LogP contribution >= 0.6 is 0 Å². The van der Waals surface area contributed by atoms with Gasteiger partial charge in [0.05, 0.1) is 12.7 Å². The van der Waals surface area contributed by atoms with Crippen LogP contribution in [0.3, 0.4) is 0 Å². The van der Waals surface area contributed by atoms with Crippen LogP contribution < -0.4 is 4.74 Å². The van der Waals surface area contributed by atoms with Crippen LogP contribution in [0, 0.1) is 11.3 Å². The van der Waals surface area contributed by atoms with Crippen LogP contribution in [-0.4, -0.2) is 17.7 Å². The summed E-state index contributed by atoms with van der Waals surface area (Å²) in [6, 6.07) is 9.18. The highest BCUT2D eigenvalue weighted by molar-refractivity contribution is 5.85. The van der Waals surface area contributed by atoms with Crippen molar-refractivity contribution < 1.29 is 14.6 Å². The second-order valence-electron chi connectivity index (χ2n) is 3.35. The third-order valence-corrected chi connectivity index (χ3v) is 1.98. The highest BCUT2D eigenvalue weighted by Gasteiger charge is 1.95. The number of benzene rings is 1. The fourth-order valence-electron chi connectivity index (χ4n) is 1.22. The van der Waals surface area contributed by atoms with Crippen molar-refractivity contribution in [2.45, 2.75) is 12.8 Å². The van der Waals surface area contributed by atoms with Crippen LogP contribution in [0.1, 0.15) is 18.4 Å². The molecule has 0 aliphatic heterocycles. The zero-order chi connectivity index (χ0) is 12.5. The maximum atomic E-state index is 10.4. The summed E-state index contributed by atoms with van der Waals surface area (Å²) in [5, 5.41) is 16.9. The number of carbonyl (C=O) groups is 1. The van der Waals surface area contributed by atoms with Crippen molar-refractivity contribution in [1.29, 1.82) is 5.26 Å². The molecule has 0 aliphatic rings. The number of hydrogen-bond acceptors (Lipinski definition) is 3. The molecular weight excluding hydrogens is 218 g/mol. The van der Waals surface area contributed by atoms with Gasteiger partial charge in [0.1, 0.15) is 5.75 Å². The maximum Gasteiger partial charge on any atom is 0.328 e. The van der Waals surface area contributed by atoms with Gasteiger partial charge in [0.15, 0.2) is 0 Å². The van der Waals surface area contributed by atoms with Gasteiger partial charge in [-0.05, 0) is 30.2 Å². The summed E-state index contributed by atoms with van der Waals surface area (Å²) < 4.78 is 5.42. The number of nitriles is 1. The first-order valence-electron chi connectivity index (χ1n) is 5.23. The first kappa shape index (κ1) is 12.8. The molecule has 0 radical (unpaired) electrons. The number of aliphatic carboxylic acids is 1. The molecule has 1 aromatic rings. The quantitative estimate of drug-likeness (QED) is 0.603. The van der Waals surface area contributed by atoms with Crippen LogP contribution in [0.25, 0.3) is 6.08 Å². The molecule has 0 unspecified atom stereocenters. The molecule has 0 bridgehead atoms. The van der Waals surface area contributed by atoms with E-state index >= 15 is 0 Å². The van der Waals surface area contributed by atoms with E-state index in [1.807, 2.05) is 6.07 Å². The van der Waals surface area contributed by atoms with Gasteiger partial charge < -0.3 is 9.84 Å². The number of unbranched alkanes of at least 4 members (excludes halogenated alkanes) is 1. The lowest BCUT2D eigenvalue weighted by molar-refractivity contribution is -0.131. The van der Waals surface area contributed by atoms with Crippen molar-refractivity contribution in [3.63, 3.8) is 0 Å². The molecule has 0 aliphatic carbocycles. The number of nitrogens with zero attached hydrogens (tertiary/aromatic N) is 1. The molecule has 4 heteroatoms. The molecule has 0 saturated carbocycles. The van der Waals surface area contributed by atoms with Gasteiger partial charge in [-0.25, -0.2) is 4.79 Å². The molecule has 1 rings (SSSR count). The lowest BCUT2D eigenvalue weighted by Crippen LogP contribution is -1.96. The SMILES string of the molecule is N#CCCCOc1cccc(/C=C/C(=O)O)c1. The fraction of sp³-hybridized carbons (Fsp3) is 0.231. The third-order valence-electron chi connectivity index (χ3n) is 1.98. The Kier molecular flexibility index (Phi) is 5.32. The van der Waals surface area contributed by atoms with Gasteiger partial charge in [-0.2, -0.15) is 5.26 Å². The average Bonchev–Trinajstić information content (AvgIpc) is 2.33. The van der Waals surface area contributed by atoms with Gasteiger partial charge in [0.25, 0.3) is 0 Å². The topological polar surface area (TPSA) is 70.3 Å². The largest absolute Gasteiger partial charge is 0.494 e. The molecule has 0 atom stereocenters. The average molecular weight is 231 g/mol. The van der Waals surface area contributed by atoms with Crippen LogP contribution in [0.5, 0.6) is 5.75 Å². The smallest absolute Gasteiger partial charge is 0.328 e. The minimum absolute atomic E-state index is 0.471. The van der Waals surface area contributed by atoms with E-state index < -0.39 is 5.97 Å². The van der Waals surface area contributed by atoms with Crippen molar-refractivity contribution in [1.82, 2.24) is 0 Å². The van der Waals surface area contributed by atoms with Gasteiger partial charge in [0, 0.05) is 12.5 Å². The summed E-state index contributed by atoms with van der Waals surface area (Å²) in [4.78, 5) is 10.4. The molecular formula is C13H13NO3. The number of carboxylic acid groups (broad SMARTS) is 1. The molecule has 0 spiro atoms. The number of ether oxygens (including phenoxy) is 1.